The van der Waals surface area contributed by atoms with Crippen molar-refractivity contribution < 1.29 is 14.3 Å². The number of pyridine rings is 1. The van der Waals surface area contributed by atoms with Gasteiger partial charge in [-0.05, 0) is 29.8 Å². The number of aromatic nitrogens is 1. The summed E-state index contributed by atoms with van der Waals surface area (Å²) < 4.78 is 10.4. The van der Waals surface area contributed by atoms with Gasteiger partial charge in [-0.2, -0.15) is 0 Å². The molecular formula is C18H21NO3. The van der Waals surface area contributed by atoms with Gasteiger partial charge < -0.3 is 9.47 Å². The number of carbonyl (C=O) groups excluding carboxylic acids is 1. The SMILES string of the molecule is COC(=O)c1cccc(COc2ccc(C(C)(C)C)nc2)c1. The molecule has 0 aliphatic carbocycles. The van der Waals surface area contributed by atoms with Gasteiger partial charge in [0.15, 0.2) is 0 Å². The summed E-state index contributed by atoms with van der Waals surface area (Å²) in [7, 11) is 1.37. The third-order valence-corrected chi connectivity index (χ3v) is 3.26. The van der Waals surface area contributed by atoms with Gasteiger partial charge in [-0.3, -0.25) is 4.98 Å². The number of carbonyl (C=O) groups is 1. The van der Waals surface area contributed by atoms with Crippen molar-refractivity contribution in [1.29, 1.82) is 0 Å². The fourth-order valence-electron chi connectivity index (χ4n) is 1.98. The molecule has 0 fully saturated rings. The van der Waals surface area contributed by atoms with Gasteiger partial charge in [-0.15, -0.1) is 0 Å². The van der Waals surface area contributed by atoms with Crippen LogP contribution in [0.2, 0.25) is 0 Å². The van der Waals surface area contributed by atoms with E-state index in [2.05, 4.69) is 25.8 Å². The second-order valence-electron chi connectivity index (χ2n) is 6.11. The van der Waals surface area contributed by atoms with Gasteiger partial charge >= 0.3 is 5.97 Å². The minimum Gasteiger partial charge on any atom is -0.487 e. The Hall–Kier alpha value is -2.36. The molecule has 22 heavy (non-hydrogen) atoms. The van der Waals surface area contributed by atoms with Gasteiger partial charge in [0.2, 0.25) is 0 Å². The van der Waals surface area contributed by atoms with Crippen LogP contribution < -0.4 is 4.74 Å². The molecule has 0 aliphatic heterocycles. The average molecular weight is 299 g/mol. The zero-order valence-corrected chi connectivity index (χ0v) is 13.4. The van der Waals surface area contributed by atoms with Crippen molar-refractivity contribution in [2.75, 3.05) is 7.11 Å². The van der Waals surface area contributed by atoms with Crippen molar-refractivity contribution in [3.63, 3.8) is 0 Å². The summed E-state index contributed by atoms with van der Waals surface area (Å²) >= 11 is 0. The fourth-order valence-corrected chi connectivity index (χ4v) is 1.98. The molecule has 2 rings (SSSR count). The summed E-state index contributed by atoms with van der Waals surface area (Å²) in [5.41, 5.74) is 2.47. The molecule has 0 atom stereocenters. The summed E-state index contributed by atoms with van der Waals surface area (Å²) in [5.74, 6) is 0.356. The summed E-state index contributed by atoms with van der Waals surface area (Å²) in [4.78, 5) is 15.9. The van der Waals surface area contributed by atoms with E-state index in [1.54, 1.807) is 18.3 Å². The van der Waals surface area contributed by atoms with Crippen molar-refractivity contribution in [3.05, 3.63) is 59.4 Å². The zero-order chi connectivity index (χ0) is 16.2. The average Bonchev–Trinajstić information content (AvgIpc) is 2.52. The monoisotopic (exact) mass is 299 g/mol. The minimum atomic E-state index is -0.349. The normalized spacial score (nSPS) is 11.1. The van der Waals surface area contributed by atoms with Crippen molar-refractivity contribution in [2.45, 2.75) is 32.8 Å². The highest BCUT2D eigenvalue weighted by atomic mass is 16.5. The highest BCUT2D eigenvalue weighted by Gasteiger charge is 2.14. The van der Waals surface area contributed by atoms with Crippen LogP contribution in [0.1, 0.15) is 42.4 Å². The minimum absolute atomic E-state index is 0.0212. The molecule has 0 bridgehead atoms. The molecule has 0 spiro atoms. The Morgan fingerprint density at radius 1 is 1.18 bits per heavy atom. The molecule has 4 nitrogen and oxygen atoms in total. The highest BCUT2D eigenvalue weighted by molar-refractivity contribution is 5.89. The van der Waals surface area contributed by atoms with Crippen molar-refractivity contribution in [2.24, 2.45) is 0 Å². The lowest BCUT2D eigenvalue weighted by molar-refractivity contribution is 0.0600. The fraction of sp³-hybridized carbons (Fsp3) is 0.333. The maximum atomic E-state index is 11.5. The Morgan fingerprint density at radius 3 is 2.55 bits per heavy atom. The van der Waals surface area contributed by atoms with E-state index in [0.717, 1.165) is 11.3 Å². The lowest BCUT2D eigenvalue weighted by Crippen LogP contribution is -2.13. The maximum Gasteiger partial charge on any atom is 0.337 e. The van der Waals surface area contributed by atoms with Gasteiger partial charge in [0, 0.05) is 11.1 Å². The molecule has 1 heterocycles. The molecule has 0 unspecified atom stereocenters. The highest BCUT2D eigenvalue weighted by Crippen LogP contribution is 2.22. The molecule has 0 N–H and O–H groups in total. The van der Waals surface area contributed by atoms with Crippen LogP contribution in [0.15, 0.2) is 42.6 Å². The number of ether oxygens (including phenoxy) is 2. The lowest BCUT2D eigenvalue weighted by Gasteiger charge is -2.17. The first-order valence-corrected chi connectivity index (χ1v) is 7.17. The smallest absolute Gasteiger partial charge is 0.337 e. The molecule has 1 aromatic heterocycles. The first-order chi connectivity index (χ1) is 10.4. The van der Waals surface area contributed by atoms with Crippen LogP contribution in [0.4, 0.5) is 0 Å². The molecule has 116 valence electrons. The van der Waals surface area contributed by atoms with E-state index in [1.807, 2.05) is 24.3 Å². The molecule has 0 aliphatic rings. The largest absolute Gasteiger partial charge is 0.487 e. The van der Waals surface area contributed by atoms with Crippen molar-refractivity contribution in [1.82, 2.24) is 4.98 Å². The third kappa shape index (κ3) is 4.07. The number of rotatable bonds is 4. The molecule has 0 saturated heterocycles. The Labute approximate surface area is 131 Å². The Balaban J connectivity index is 2.03. The Bertz CT molecular complexity index is 642. The van der Waals surface area contributed by atoms with Gasteiger partial charge in [-0.1, -0.05) is 32.9 Å². The molecule has 2 aromatic rings. The number of nitrogens with zero attached hydrogens (tertiary/aromatic N) is 1. The zero-order valence-electron chi connectivity index (χ0n) is 13.4. The lowest BCUT2D eigenvalue weighted by atomic mass is 9.92. The van der Waals surface area contributed by atoms with Crippen LogP contribution in [-0.2, 0) is 16.8 Å². The summed E-state index contributed by atoms with van der Waals surface area (Å²) in [6.07, 6.45) is 1.73. The summed E-state index contributed by atoms with van der Waals surface area (Å²) in [6.45, 7) is 6.73. The van der Waals surface area contributed by atoms with Crippen molar-refractivity contribution in [3.8, 4) is 5.75 Å². The summed E-state index contributed by atoms with van der Waals surface area (Å²) in [5, 5.41) is 0. The summed E-state index contributed by atoms with van der Waals surface area (Å²) in [6, 6.07) is 11.1. The topological polar surface area (TPSA) is 48.4 Å². The van der Waals surface area contributed by atoms with E-state index in [1.165, 1.54) is 7.11 Å². The van der Waals surface area contributed by atoms with Gasteiger partial charge in [0.25, 0.3) is 0 Å². The van der Waals surface area contributed by atoms with E-state index in [9.17, 15) is 4.79 Å². The van der Waals surface area contributed by atoms with E-state index >= 15 is 0 Å². The number of methoxy groups -OCH3 is 1. The van der Waals surface area contributed by atoms with E-state index in [0.29, 0.717) is 17.9 Å². The van der Waals surface area contributed by atoms with Gasteiger partial charge in [0.1, 0.15) is 12.4 Å². The van der Waals surface area contributed by atoms with E-state index < -0.39 is 0 Å². The second kappa shape index (κ2) is 6.60. The number of hydrogen-bond acceptors (Lipinski definition) is 4. The van der Waals surface area contributed by atoms with Crippen LogP contribution in [0.5, 0.6) is 5.75 Å². The van der Waals surface area contributed by atoms with Gasteiger partial charge in [0.05, 0.1) is 18.9 Å². The Kier molecular flexibility index (Phi) is 4.81. The van der Waals surface area contributed by atoms with Gasteiger partial charge in [-0.25, -0.2) is 4.79 Å². The van der Waals surface area contributed by atoms with E-state index in [4.69, 9.17) is 9.47 Å². The first kappa shape index (κ1) is 16.0. The van der Waals surface area contributed by atoms with E-state index in [-0.39, 0.29) is 11.4 Å². The molecule has 0 amide bonds. The third-order valence-electron chi connectivity index (χ3n) is 3.26. The number of esters is 1. The number of benzene rings is 1. The second-order valence-corrected chi connectivity index (χ2v) is 6.11. The predicted octanol–water partition coefficient (Wildman–Crippen LogP) is 3.74. The molecule has 1 aromatic carbocycles. The standard InChI is InChI=1S/C18H21NO3/c1-18(2,3)16-9-8-15(11-19-16)22-12-13-6-5-7-14(10-13)17(20)21-4/h5-11H,12H2,1-4H3. The van der Waals surface area contributed by atoms with Crippen LogP contribution in [-0.4, -0.2) is 18.1 Å². The van der Waals surface area contributed by atoms with Crippen molar-refractivity contribution >= 4 is 5.97 Å². The van der Waals surface area contributed by atoms with Crippen LogP contribution >= 0.6 is 0 Å². The molecule has 0 saturated carbocycles. The molecule has 0 radical (unpaired) electrons. The van der Waals surface area contributed by atoms with Crippen LogP contribution in [0, 0.1) is 0 Å². The Morgan fingerprint density at radius 2 is 1.95 bits per heavy atom. The first-order valence-electron chi connectivity index (χ1n) is 7.17. The predicted molar refractivity (Wildman–Crippen MR) is 85.1 cm³/mol. The molecule has 4 heteroatoms. The quantitative estimate of drug-likeness (QED) is 0.807. The van der Waals surface area contributed by atoms with Crippen LogP contribution in [0.3, 0.4) is 0 Å². The molecular weight excluding hydrogens is 278 g/mol. The number of hydrogen-bond donors (Lipinski definition) is 0. The maximum absolute atomic E-state index is 11.5. The van der Waals surface area contributed by atoms with Crippen LogP contribution in [0.25, 0.3) is 0 Å².